The number of carboxylic acid groups (broad SMARTS) is 1. The van der Waals surface area contributed by atoms with Crippen LogP contribution in [0.2, 0.25) is 0 Å². The first-order chi connectivity index (χ1) is 17.8. The summed E-state index contributed by atoms with van der Waals surface area (Å²) in [6, 6.07) is 1.04. The Balaban J connectivity index is 1.35. The van der Waals surface area contributed by atoms with E-state index >= 15 is 0 Å². The molecule has 3 aromatic rings. The van der Waals surface area contributed by atoms with Gasteiger partial charge in [-0.2, -0.15) is 4.57 Å². The normalized spacial score (nSPS) is 19.6. The number of carbonyl (C=O) groups is 3. The van der Waals surface area contributed by atoms with Crippen molar-refractivity contribution in [1.82, 2.24) is 20.2 Å². The van der Waals surface area contributed by atoms with Crippen molar-refractivity contribution >= 4 is 73.3 Å². The molecule has 3 aromatic heterocycles. The average molecular weight is 561 g/mol. The molecule has 37 heavy (non-hydrogen) atoms. The van der Waals surface area contributed by atoms with E-state index in [2.05, 4.69) is 20.4 Å². The number of fused-ring (bicyclic) bond motifs is 2. The number of β-lactam (4-membered cyclic amide) rings is 1. The minimum atomic E-state index is -1.19. The van der Waals surface area contributed by atoms with Gasteiger partial charge in [-0.1, -0.05) is 12.1 Å². The van der Waals surface area contributed by atoms with Crippen molar-refractivity contribution < 1.29 is 28.9 Å². The SMILES string of the molecule is CCc1nc2c[n+](CC3=C(C(=O)O)N4C(=O)[C@@H](NC(=O)/C(=N\OC)c5csc(N)n5)[C@H]4SC3)ccc2s1. The summed E-state index contributed by atoms with van der Waals surface area (Å²) >= 11 is 4.15. The number of amides is 2. The zero-order valence-corrected chi connectivity index (χ0v) is 22.2. The Hall–Kier alpha value is -3.56. The van der Waals surface area contributed by atoms with Crippen LogP contribution in [0.3, 0.4) is 0 Å². The van der Waals surface area contributed by atoms with Gasteiger partial charge in [-0.25, -0.2) is 14.8 Å². The van der Waals surface area contributed by atoms with Crippen molar-refractivity contribution in [2.45, 2.75) is 31.3 Å². The summed E-state index contributed by atoms with van der Waals surface area (Å²) in [6.07, 6.45) is 4.61. The van der Waals surface area contributed by atoms with E-state index in [0.717, 1.165) is 33.0 Å². The second-order valence-corrected chi connectivity index (χ2v) is 11.2. The zero-order valence-electron chi connectivity index (χ0n) is 19.7. The van der Waals surface area contributed by atoms with E-state index in [1.807, 2.05) is 30.0 Å². The quantitative estimate of drug-likeness (QED) is 0.158. The summed E-state index contributed by atoms with van der Waals surface area (Å²) in [4.78, 5) is 52.8. The number of anilines is 1. The number of hydrogen-bond donors (Lipinski definition) is 3. The maximum Gasteiger partial charge on any atom is 0.352 e. The van der Waals surface area contributed by atoms with E-state index in [4.69, 9.17) is 10.6 Å². The fraction of sp³-hybridized carbons (Fsp3) is 0.318. The van der Waals surface area contributed by atoms with E-state index in [1.165, 1.54) is 23.8 Å². The topological polar surface area (TPSA) is 164 Å². The van der Waals surface area contributed by atoms with Gasteiger partial charge in [0.1, 0.15) is 35.4 Å². The van der Waals surface area contributed by atoms with Crippen LogP contribution < -0.4 is 15.6 Å². The smallest absolute Gasteiger partial charge is 0.352 e. The standard InChI is InChI=1S/C22H21N7O5S3/c1-3-14-24-11-7-28(5-4-13(11)37-14)6-10-8-35-20-16(19(31)29(20)17(10)21(32)33)26-18(30)15(27-34-2)12-9-36-22(23)25-12/h4-5,7,9,16,20H,3,6,8H2,1-2H3,(H3-,23,25,26,30,32,33)/p+1/b27-15-/t16-,20-/m1/s1. The number of aliphatic carboxylic acids is 1. The molecule has 4 N–H and O–H groups in total. The van der Waals surface area contributed by atoms with Crippen LogP contribution in [-0.4, -0.2) is 67.7 Å². The van der Waals surface area contributed by atoms with E-state index in [1.54, 1.807) is 16.7 Å². The van der Waals surface area contributed by atoms with Crippen LogP contribution in [-0.2, 0) is 32.2 Å². The van der Waals surface area contributed by atoms with E-state index in [0.29, 0.717) is 17.9 Å². The van der Waals surface area contributed by atoms with Crippen LogP contribution in [0.15, 0.2) is 40.3 Å². The number of hydrogen-bond acceptors (Lipinski definition) is 11. The van der Waals surface area contributed by atoms with Gasteiger partial charge in [-0.05, 0) is 6.42 Å². The number of carbonyl (C=O) groups excluding carboxylic acids is 2. The molecule has 2 atom stereocenters. The maximum absolute atomic E-state index is 13.1. The lowest BCUT2D eigenvalue weighted by molar-refractivity contribution is -0.687. The molecule has 192 valence electrons. The summed E-state index contributed by atoms with van der Waals surface area (Å²) < 4.78 is 2.93. The molecule has 1 saturated heterocycles. The molecular formula is C22H22N7O5S3+. The third-order valence-electron chi connectivity index (χ3n) is 5.81. The molecule has 0 aliphatic carbocycles. The Morgan fingerprint density at radius 1 is 1.41 bits per heavy atom. The summed E-state index contributed by atoms with van der Waals surface area (Å²) in [5.41, 5.74) is 7.14. The third-order valence-corrected chi connectivity index (χ3v) is 9.00. The molecule has 5 heterocycles. The number of rotatable bonds is 8. The lowest BCUT2D eigenvalue weighted by Gasteiger charge is -2.49. The Morgan fingerprint density at radius 3 is 2.89 bits per heavy atom. The molecule has 0 bridgehead atoms. The van der Waals surface area contributed by atoms with E-state index in [-0.39, 0.29) is 22.2 Å². The average Bonchev–Trinajstić information content (AvgIpc) is 3.50. The van der Waals surface area contributed by atoms with Crippen molar-refractivity contribution in [2.24, 2.45) is 5.16 Å². The van der Waals surface area contributed by atoms with Gasteiger partial charge in [-0.3, -0.25) is 14.5 Å². The molecule has 0 saturated carbocycles. The van der Waals surface area contributed by atoms with Gasteiger partial charge in [-0.15, -0.1) is 34.4 Å². The minimum absolute atomic E-state index is 0.0579. The molecule has 0 radical (unpaired) electrons. The van der Waals surface area contributed by atoms with Crippen molar-refractivity contribution in [3.05, 3.63) is 45.8 Å². The van der Waals surface area contributed by atoms with Crippen LogP contribution in [0, 0.1) is 0 Å². The molecule has 0 aromatic carbocycles. The number of oxime groups is 1. The highest BCUT2D eigenvalue weighted by atomic mass is 32.2. The number of thioether (sulfide) groups is 1. The highest BCUT2D eigenvalue weighted by Gasteiger charge is 2.54. The number of carboxylic acids is 1. The van der Waals surface area contributed by atoms with Crippen molar-refractivity contribution in [3.8, 4) is 0 Å². The van der Waals surface area contributed by atoms with Crippen LogP contribution >= 0.6 is 34.4 Å². The number of aromatic nitrogens is 3. The second kappa shape index (κ2) is 10.1. The second-order valence-electron chi connectivity index (χ2n) is 8.14. The zero-order chi connectivity index (χ0) is 26.3. The lowest BCUT2D eigenvalue weighted by atomic mass is 10.0. The van der Waals surface area contributed by atoms with Gasteiger partial charge in [0.25, 0.3) is 11.8 Å². The summed E-state index contributed by atoms with van der Waals surface area (Å²) in [7, 11) is 1.29. The van der Waals surface area contributed by atoms with Gasteiger partial charge in [0, 0.05) is 22.8 Å². The first-order valence-corrected chi connectivity index (χ1v) is 13.9. The number of aryl methyl sites for hydroxylation is 1. The van der Waals surface area contributed by atoms with E-state index in [9.17, 15) is 19.5 Å². The first kappa shape index (κ1) is 25.1. The monoisotopic (exact) mass is 560 g/mol. The van der Waals surface area contributed by atoms with Gasteiger partial charge < -0.3 is 21.0 Å². The number of nitrogens with one attached hydrogen (secondary N) is 1. The molecular weight excluding hydrogens is 538 g/mol. The number of nitrogens with two attached hydrogens (primary N) is 1. The van der Waals surface area contributed by atoms with Gasteiger partial charge in [0.15, 0.2) is 29.8 Å². The van der Waals surface area contributed by atoms with Crippen molar-refractivity contribution in [1.29, 1.82) is 0 Å². The molecule has 15 heteroatoms. The molecule has 12 nitrogen and oxygen atoms in total. The van der Waals surface area contributed by atoms with Gasteiger partial charge in [0.05, 0.1) is 9.71 Å². The highest BCUT2D eigenvalue weighted by molar-refractivity contribution is 8.00. The van der Waals surface area contributed by atoms with Crippen molar-refractivity contribution in [2.75, 3.05) is 18.6 Å². The predicted molar refractivity (Wildman–Crippen MR) is 139 cm³/mol. The fourth-order valence-corrected chi connectivity index (χ4v) is 6.90. The van der Waals surface area contributed by atoms with E-state index < -0.39 is 29.2 Å². The first-order valence-electron chi connectivity index (χ1n) is 11.1. The molecule has 2 amide bonds. The summed E-state index contributed by atoms with van der Waals surface area (Å²) in [5, 5.41) is 18.6. The van der Waals surface area contributed by atoms with Gasteiger partial charge >= 0.3 is 5.97 Å². The maximum atomic E-state index is 13.1. The molecule has 0 unspecified atom stereocenters. The minimum Gasteiger partial charge on any atom is -0.477 e. The molecule has 5 rings (SSSR count). The largest absolute Gasteiger partial charge is 0.477 e. The number of thiazole rings is 2. The Bertz CT molecular complexity index is 1480. The fourth-order valence-electron chi connectivity index (χ4n) is 4.14. The highest BCUT2D eigenvalue weighted by Crippen LogP contribution is 2.40. The van der Waals surface area contributed by atoms with Gasteiger partial charge in [0.2, 0.25) is 0 Å². The molecule has 2 aliphatic heterocycles. The molecule has 1 fully saturated rings. The number of nitrogen functional groups attached to an aromatic ring is 1. The predicted octanol–water partition coefficient (Wildman–Crippen LogP) is 0.974. The molecule has 2 aliphatic rings. The number of pyridine rings is 1. The van der Waals surface area contributed by atoms with Crippen LogP contribution in [0.4, 0.5) is 5.13 Å². The van der Waals surface area contributed by atoms with Crippen LogP contribution in [0.25, 0.3) is 10.2 Å². The van der Waals surface area contributed by atoms with Crippen LogP contribution in [0.5, 0.6) is 0 Å². The third kappa shape index (κ3) is 4.65. The summed E-state index contributed by atoms with van der Waals surface area (Å²) in [5.74, 6) is -1.99. The Labute approximate surface area is 222 Å². The molecule has 0 spiro atoms. The lowest BCUT2D eigenvalue weighted by Crippen LogP contribution is -2.71. The Morgan fingerprint density at radius 2 is 2.22 bits per heavy atom. The Kier molecular flexibility index (Phi) is 6.83. The number of nitrogens with zero attached hydrogens (tertiary/aromatic N) is 5. The summed E-state index contributed by atoms with van der Waals surface area (Å²) in [6.45, 7) is 2.35. The van der Waals surface area contributed by atoms with Crippen LogP contribution in [0.1, 0.15) is 17.6 Å². The van der Waals surface area contributed by atoms with Crippen molar-refractivity contribution in [3.63, 3.8) is 0 Å².